The van der Waals surface area contributed by atoms with Crippen molar-refractivity contribution >= 4 is 17.6 Å². The molecule has 2 aromatic heterocycles. The van der Waals surface area contributed by atoms with E-state index in [1.807, 2.05) is 12.1 Å². The van der Waals surface area contributed by atoms with E-state index in [0.29, 0.717) is 5.56 Å². The van der Waals surface area contributed by atoms with Crippen LogP contribution in [0, 0.1) is 5.41 Å². The minimum atomic E-state index is 0.0321. The molecule has 2 aromatic rings. The fourth-order valence-electron chi connectivity index (χ4n) is 1.20. The van der Waals surface area contributed by atoms with Gasteiger partial charge in [0.25, 0.3) is 0 Å². The van der Waals surface area contributed by atoms with Crippen molar-refractivity contribution in [3.8, 4) is 0 Å². The van der Waals surface area contributed by atoms with Gasteiger partial charge in [-0.3, -0.25) is 10.4 Å². The molecule has 4 nitrogen and oxygen atoms in total. The number of nitrogen functional groups attached to an aromatic ring is 1. The Morgan fingerprint density at radius 1 is 1.19 bits per heavy atom. The average molecular weight is 230 g/mol. The number of aromatic nitrogens is 2. The Kier molecular flexibility index (Phi) is 3.16. The molecule has 0 fully saturated rings. The fourth-order valence-corrected chi connectivity index (χ4v) is 2.08. The van der Waals surface area contributed by atoms with Crippen LogP contribution in [0.2, 0.25) is 0 Å². The van der Waals surface area contributed by atoms with Gasteiger partial charge in [-0.2, -0.15) is 0 Å². The van der Waals surface area contributed by atoms with Crippen LogP contribution in [0.15, 0.2) is 52.8 Å². The highest BCUT2D eigenvalue weighted by Gasteiger charge is 2.07. The van der Waals surface area contributed by atoms with Crippen molar-refractivity contribution in [2.24, 2.45) is 5.73 Å². The minimum absolute atomic E-state index is 0.0321. The highest BCUT2D eigenvalue weighted by molar-refractivity contribution is 7.99. The summed E-state index contributed by atoms with van der Waals surface area (Å²) in [5.74, 6) is 0.0321. The van der Waals surface area contributed by atoms with Crippen LogP contribution in [-0.2, 0) is 0 Å². The van der Waals surface area contributed by atoms with Gasteiger partial charge in [0.1, 0.15) is 10.9 Å². The van der Waals surface area contributed by atoms with Crippen LogP contribution in [0.5, 0.6) is 0 Å². The molecule has 0 saturated heterocycles. The van der Waals surface area contributed by atoms with Gasteiger partial charge in [0, 0.05) is 29.0 Å². The number of amidine groups is 1. The maximum Gasteiger partial charge on any atom is 0.125 e. The summed E-state index contributed by atoms with van der Waals surface area (Å²) in [6.07, 6.45) is 5.13. The number of pyridine rings is 2. The summed E-state index contributed by atoms with van der Waals surface area (Å²) in [6.45, 7) is 0. The molecule has 0 aliphatic heterocycles. The Morgan fingerprint density at radius 2 is 1.94 bits per heavy atom. The van der Waals surface area contributed by atoms with Crippen LogP contribution < -0.4 is 5.73 Å². The topological polar surface area (TPSA) is 75.7 Å². The summed E-state index contributed by atoms with van der Waals surface area (Å²) >= 11 is 1.47. The van der Waals surface area contributed by atoms with E-state index < -0.39 is 0 Å². The van der Waals surface area contributed by atoms with Crippen molar-refractivity contribution in [2.75, 3.05) is 0 Å². The largest absolute Gasteiger partial charge is 0.384 e. The molecule has 0 aromatic carbocycles. The monoisotopic (exact) mass is 230 g/mol. The molecular formula is C11H10N4S. The SMILES string of the molecule is N=C(N)c1cccnc1Sc1ccncc1. The molecule has 80 valence electrons. The lowest BCUT2D eigenvalue weighted by Gasteiger charge is -2.05. The second-order valence-electron chi connectivity index (χ2n) is 3.05. The van der Waals surface area contributed by atoms with Crippen LogP contribution in [-0.4, -0.2) is 15.8 Å². The Bertz CT molecular complexity index is 498. The number of rotatable bonds is 3. The van der Waals surface area contributed by atoms with Crippen molar-refractivity contribution in [1.82, 2.24) is 9.97 Å². The number of nitrogens with one attached hydrogen (secondary N) is 1. The molecule has 0 radical (unpaired) electrons. The summed E-state index contributed by atoms with van der Waals surface area (Å²) in [5, 5.41) is 8.19. The molecule has 2 heterocycles. The smallest absolute Gasteiger partial charge is 0.125 e. The molecule has 0 bridgehead atoms. The molecule has 5 heteroatoms. The van der Waals surface area contributed by atoms with Crippen molar-refractivity contribution < 1.29 is 0 Å². The third kappa shape index (κ3) is 2.38. The molecule has 3 N–H and O–H groups in total. The molecule has 16 heavy (non-hydrogen) atoms. The molecule has 0 aliphatic rings. The van der Waals surface area contributed by atoms with E-state index in [1.165, 1.54) is 11.8 Å². The summed E-state index contributed by atoms with van der Waals surface area (Å²) in [4.78, 5) is 9.19. The summed E-state index contributed by atoms with van der Waals surface area (Å²) in [5.41, 5.74) is 6.14. The Balaban J connectivity index is 2.31. The van der Waals surface area contributed by atoms with E-state index in [2.05, 4.69) is 9.97 Å². The number of hydrogen-bond donors (Lipinski definition) is 2. The molecule has 0 unspecified atom stereocenters. The molecule has 0 saturated carbocycles. The third-order valence-corrected chi connectivity index (χ3v) is 2.95. The molecule has 0 amide bonds. The van der Waals surface area contributed by atoms with Crippen molar-refractivity contribution in [1.29, 1.82) is 5.41 Å². The molecular weight excluding hydrogens is 220 g/mol. The number of nitrogens with zero attached hydrogens (tertiary/aromatic N) is 2. The molecule has 0 aliphatic carbocycles. The third-order valence-electron chi connectivity index (χ3n) is 1.93. The first-order valence-electron chi connectivity index (χ1n) is 4.64. The maximum atomic E-state index is 7.45. The van der Waals surface area contributed by atoms with Crippen LogP contribution in [0.1, 0.15) is 5.56 Å². The summed E-state index contributed by atoms with van der Waals surface area (Å²) in [6, 6.07) is 7.35. The van der Waals surface area contributed by atoms with Gasteiger partial charge in [-0.05, 0) is 24.3 Å². The summed E-state index contributed by atoms with van der Waals surface area (Å²) < 4.78 is 0. The van der Waals surface area contributed by atoms with Gasteiger partial charge in [0.05, 0.1) is 0 Å². The van der Waals surface area contributed by atoms with E-state index in [9.17, 15) is 0 Å². The van der Waals surface area contributed by atoms with E-state index in [1.54, 1.807) is 30.7 Å². The Hall–Kier alpha value is -1.88. The van der Waals surface area contributed by atoms with E-state index in [4.69, 9.17) is 11.1 Å². The Morgan fingerprint density at radius 3 is 2.62 bits per heavy atom. The van der Waals surface area contributed by atoms with Gasteiger partial charge in [-0.1, -0.05) is 11.8 Å². The first kappa shape index (κ1) is 10.6. The first-order chi connectivity index (χ1) is 7.77. The Labute approximate surface area is 97.4 Å². The summed E-state index contributed by atoms with van der Waals surface area (Å²) in [7, 11) is 0. The van der Waals surface area contributed by atoms with Gasteiger partial charge in [-0.15, -0.1) is 0 Å². The maximum absolute atomic E-state index is 7.45. The second-order valence-corrected chi connectivity index (χ2v) is 4.12. The van der Waals surface area contributed by atoms with Crippen molar-refractivity contribution in [2.45, 2.75) is 9.92 Å². The van der Waals surface area contributed by atoms with Gasteiger partial charge in [0.15, 0.2) is 0 Å². The van der Waals surface area contributed by atoms with Crippen LogP contribution in [0.4, 0.5) is 0 Å². The zero-order valence-corrected chi connectivity index (χ0v) is 9.24. The zero-order chi connectivity index (χ0) is 11.4. The highest BCUT2D eigenvalue weighted by Crippen LogP contribution is 2.27. The van der Waals surface area contributed by atoms with Crippen LogP contribution in [0.25, 0.3) is 0 Å². The van der Waals surface area contributed by atoms with Gasteiger partial charge < -0.3 is 5.73 Å². The quantitative estimate of drug-likeness (QED) is 0.624. The first-order valence-corrected chi connectivity index (χ1v) is 5.46. The second kappa shape index (κ2) is 4.76. The number of hydrogen-bond acceptors (Lipinski definition) is 4. The van der Waals surface area contributed by atoms with Gasteiger partial charge in [0.2, 0.25) is 0 Å². The van der Waals surface area contributed by atoms with Crippen molar-refractivity contribution in [3.05, 3.63) is 48.4 Å². The highest BCUT2D eigenvalue weighted by atomic mass is 32.2. The van der Waals surface area contributed by atoms with Crippen LogP contribution in [0.3, 0.4) is 0 Å². The lowest BCUT2D eigenvalue weighted by atomic mass is 10.3. The van der Waals surface area contributed by atoms with E-state index in [0.717, 1.165) is 9.92 Å². The van der Waals surface area contributed by atoms with Crippen molar-refractivity contribution in [3.63, 3.8) is 0 Å². The van der Waals surface area contributed by atoms with E-state index in [-0.39, 0.29) is 5.84 Å². The van der Waals surface area contributed by atoms with Gasteiger partial charge in [-0.25, -0.2) is 4.98 Å². The molecule has 0 atom stereocenters. The normalized spacial score (nSPS) is 10.0. The minimum Gasteiger partial charge on any atom is -0.384 e. The van der Waals surface area contributed by atoms with Gasteiger partial charge >= 0.3 is 0 Å². The lowest BCUT2D eigenvalue weighted by molar-refractivity contribution is 1.11. The average Bonchev–Trinajstić information content (AvgIpc) is 2.31. The fraction of sp³-hybridized carbons (Fsp3) is 0. The lowest BCUT2D eigenvalue weighted by Crippen LogP contribution is -2.12. The standard InChI is InChI=1S/C11H10N4S/c12-10(13)9-2-1-5-15-11(9)16-8-3-6-14-7-4-8/h1-7H,(H3,12,13). The molecule has 2 rings (SSSR count). The predicted octanol–water partition coefficient (Wildman–Crippen LogP) is 1.91. The van der Waals surface area contributed by atoms with Crippen LogP contribution >= 0.6 is 11.8 Å². The number of nitrogens with two attached hydrogens (primary N) is 1. The zero-order valence-electron chi connectivity index (χ0n) is 8.42. The molecule has 0 spiro atoms. The van der Waals surface area contributed by atoms with E-state index >= 15 is 0 Å². The predicted molar refractivity (Wildman–Crippen MR) is 63.6 cm³/mol.